The van der Waals surface area contributed by atoms with Gasteiger partial charge in [0.15, 0.2) is 4.80 Å². The van der Waals surface area contributed by atoms with Crippen LogP contribution in [-0.4, -0.2) is 28.6 Å². The van der Waals surface area contributed by atoms with Crippen LogP contribution in [0.5, 0.6) is 0 Å². The molecule has 0 saturated carbocycles. The van der Waals surface area contributed by atoms with E-state index in [9.17, 15) is 4.79 Å². The number of aromatic nitrogens is 1. The van der Waals surface area contributed by atoms with Gasteiger partial charge in [-0.3, -0.25) is 4.57 Å². The lowest BCUT2D eigenvalue weighted by Gasteiger charge is -2.11. The molecule has 1 aromatic heterocycles. The summed E-state index contributed by atoms with van der Waals surface area (Å²) >= 11 is 13.8. The minimum absolute atomic E-state index is 0.189. The van der Waals surface area contributed by atoms with E-state index in [0.29, 0.717) is 14.8 Å². The Morgan fingerprint density at radius 1 is 1.27 bits per heavy atom. The Morgan fingerprint density at radius 2 is 2.00 bits per heavy atom. The lowest BCUT2D eigenvalue weighted by atomic mass is 10.3. The van der Waals surface area contributed by atoms with Crippen LogP contribution >= 0.6 is 34.5 Å². The third-order valence-electron chi connectivity index (χ3n) is 3.53. The maximum Gasteiger partial charge on any atom is 0.346 e. The number of hydrogen-bond acceptors (Lipinski definition) is 2. The van der Waals surface area contributed by atoms with Crippen molar-refractivity contribution >= 4 is 40.6 Å². The van der Waals surface area contributed by atoms with E-state index in [1.165, 1.54) is 11.3 Å². The molecular formula is C15H15Cl2N3OS. The first-order valence-electron chi connectivity index (χ1n) is 7.03. The van der Waals surface area contributed by atoms with Crippen LogP contribution < -0.4 is 4.80 Å². The average molecular weight is 356 g/mol. The topological polar surface area (TPSA) is 37.6 Å². The average Bonchev–Trinajstić information content (AvgIpc) is 3.12. The van der Waals surface area contributed by atoms with Crippen LogP contribution in [-0.2, 0) is 0 Å². The van der Waals surface area contributed by atoms with Crippen molar-refractivity contribution in [2.45, 2.75) is 19.8 Å². The Morgan fingerprint density at radius 3 is 2.73 bits per heavy atom. The highest BCUT2D eigenvalue weighted by Crippen LogP contribution is 2.28. The molecule has 2 aromatic rings. The minimum Gasteiger partial charge on any atom is -0.323 e. The van der Waals surface area contributed by atoms with Gasteiger partial charge in [0.25, 0.3) is 0 Å². The smallest absolute Gasteiger partial charge is 0.323 e. The summed E-state index contributed by atoms with van der Waals surface area (Å²) in [5.74, 6) is 0. The Hall–Kier alpha value is -1.30. The second-order valence-corrected chi connectivity index (χ2v) is 7.15. The SMILES string of the molecule is Cc1cn(-c2cccc(Cl)c2Cl)/c(=N/C(=O)N2CCCC2)s1. The molecule has 4 nitrogen and oxygen atoms in total. The van der Waals surface area contributed by atoms with Gasteiger partial charge in [-0.1, -0.05) is 29.3 Å². The van der Waals surface area contributed by atoms with Crippen molar-refractivity contribution in [3.8, 4) is 5.69 Å². The largest absolute Gasteiger partial charge is 0.346 e. The van der Waals surface area contributed by atoms with Crippen molar-refractivity contribution in [3.05, 3.63) is 44.1 Å². The number of nitrogens with zero attached hydrogens (tertiary/aromatic N) is 3. The molecule has 0 bridgehead atoms. The molecule has 1 aliphatic rings. The number of carbonyl (C=O) groups is 1. The van der Waals surface area contributed by atoms with Gasteiger partial charge >= 0.3 is 6.03 Å². The summed E-state index contributed by atoms with van der Waals surface area (Å²) in [6, 6.07) is 5.24. The number of hydrogen-bond donors (Lipinski definition) is 0. The zero-order valence-electron chi connectivity index (χ0n) is 12.1. The Kier molecular flexibility index (Phi) is 4.57. The fourth-order valence-electron chi connectivity index (χ4n) is 2.45. The van der Waals surface area contributed by atoms with Gasteiger partial charge < -0.3 is 4.90 Å². The van der Waals surface area contributed by atoms with Crippen LogP contribution in [0.1, 0.15) is 17.7 Å². The van der Waals surface area contributed by atoms with E-state index in [4.69, 9.17) is 23.2 Å². The molecule has 1 fully saturated rings. The molecular weight excluding hydrogens is 341 g/mol. The first-order chi connectivity index (χ1) is 10.6. The Balaban J connectivity index is 2.06. The molecule has 1 saturated heterocycles. The summed E-state index contributed by atoms with van der Waals surface area (Å²) in [5, 5.41) is 0.935. The molecule has 7 heteroatoms. The molecule has 0 spiro atoms. The van der Waals surface area contributed by atoms with Crippen molar-refractivity contribution in [2.75, 3.05) is 13.1 Å². The summed E-state index contributed by atoms with van der Waals surface area (Å²) in [6.07, 6.45) is 4.01. The molecule has 2 amide bonds. The third kappa shape index (κ3) is 3.07. The lowest BCUT2D eigenvalue weighted by Crippen LogP contribution is -2.27. The van der Waals surface area contributed by atoms with Crippen LogP contribution in [0.25, 0.3) is 5.69 Å². The predicted molar refractivity (Wildman–Crippen MR) is 90.2 cm³/mol. The number of urea groups is 1. The van der Waals surface area contributed by atoms with Crippen LogP contribution in [0.3, 0.4) is 0 Å². The van der Waals surface area contributed by atoms with Crippen LogP contribution in [0.2, 0.25) is 10.0 Å². The molecule has 116 valence electrons. The normalized spacial score (nSPS) is 15.6. The van der Waals surface area contributed by atoms with Gasteiger partial charge in [0.05, 0.1) is 15.7 Å². The van der Waals surface area contributed by atoms with Crippen molar-refractivity contribution in [2.24, 2.45) is 4.99 Å². The monoisotopic (exact) mass is 355 g/mol. The van der Waals surface area contributed by atoms with E-state index in [1.807, 2.05) is 29.8 Å². The second-order valence-electron chi connectivity index (χ2n) is 5.16. The van der Waals surface area contributed by atoms with Crippen LogP contribution in [0.4, 0.5) is 4.79 Å². The van der Waals surface area contributed by atoms with Crippen molar-refractivity contribution in [3.63, 3.8) is 0 Å². The molecule has 0 unspecified atom stereocenters. The van der Waals surface area contributed by atoms with Gasteiger partial charge in [-0.05, 0) is 31.9 Å². The van der Waals surface area contributed by atoms with E-state index >= 15 is 0 Å². The van der Waals surface area contributed by atoms with Gasteiger partial charge in [0, 0.05) is 24.2 Å². The van der Waals surface area contributed by atoms with Gasteiger partial charge in [0.2, 0.25) is 0 Å². The molecule has 1 aromatic carbocycles. The summed E-state index contributed by atoms with van der Waals surface area (Å²) in [4.78, 5) is 20.0. The summed E-state index contributed by atoms with van der Waals surface area (Å²) in [5.41, 5.74) is 0.728. The number of halogens is 2. The van der Waals surface area contributed by atoms with Crippen molar-refractivity contribution in [1.82, 2.24) is 9.47 Å². The number of rotatable bonds is 1. The fraction of sp³-hybridized carbons (Fsp3) is 0.333. The molecule has 0 N–H and O–H groups in total. The van der Waals surface area contributed by atoms with E-state index < -0.39 is 0 Å². The molecule has 3 rings (SSSR count). The van der Waals surface area contributed by atoms with Crippen molar-refractivity contribution in [1.29, 1.82) is 0 Å². The first-order valence-corrected chi connectivity index (χ1v) is 8.60. The van der Waals surface area contributed by atoms with Gasteiger partial charge in [-0.2, -0.15) is 4.99 Å². The number of aryl methyl sites for hydroxylation is 1. The maximum absolute atomic E-state index is 12.3. The highest BCUT2D eigenvalue weighted by atomic mass is 35.5. The lowest BCUT2D eigenvalue weighted by molar-refractivity contribution is 0.218. The standard InChI is InChI=1S/C15H15Cl2N3OS/c1-10-9-20(12-6-4-5-11(16)13(12)17)15(22-10)18-14(21)19-7-2-3-8-19/h4-6,9H,2-3,7-8H2,1H3/b18-15-. The molecule has 0 radical (unpaired) electrons. The second kappa shape index (κ2) is 6.44. The van der Waals surface area contributed by atoms with Gasteiger partial charge in [-0.15, -0.1) is 11.3 Å². The Bertz CT molecular complexity index is 775. The van der Waals surface area contributed by atoms with E-state index in [0.717, 1.165) is 36.5 Å². The van der Waals surface area contributed by atoms with E-state index in [-0.39, 0.29) is 6.03 Å². The molecule has 2 heterocycles. The summed E-state index contributed by atoms with van der Waals surface area (Å²) < 4.78 is 1.82. The maximum atomic E-state index is 12.3. The number of thiazole rings is 1. The highest BCUT2D eigenvalue weighted by molar-refractivity contribution is 7.09. The fourth-order valence-corrected chi connectivity index (χ4v) is 3.65. The van der Waals surface area contributed by atoms with Crippen LogP contribution in [0, 0.1) is 6.92 Å². The number of benzene rings is 1. The van der Waals surface area contributed by atoms with E-state index in [1.54, 1.807) is 11.0 Å². The predicted octanol–water partition coefficient (Wildman–Crippen LogP) is 4.27. The van der Waals surface area contributed by atoms with E-state index in [2.05, 4.69) is 4.99 Å². The number of likely N-dealkylation sites (tertiary alicyclic amines) is 1. The first kappa shape index (κ1) is 15.6. The number of amides is 2. The van der Waals surface area contributed by atoms with Crippen LogP contribution in [0.15, 0.2) is 29.4 Å². The quantitative estimate of drug-likeness (QED) is 0.752. The minimum atomic E-state index is -0.189. The molecule has 22 heavy (non-hydrogen) atoms. The van der Waals surface area contributed by atoms with Gasteiger partial charge in [-0.25, -0.2) is 4.79 Å². The zero-order valence-corrected chi connectivity index (χ0v) is 14.4. The summed E-state index contributed by atoms with van der Waals surface area (Å²) in [7, 11) is 0. The highest BCUT2D eigenvalue weighted by Gasteiger charge is 2.18. The Labute approximate surface area is 142 Å². The summed E-state index contributed by atoms with van der Waals surface area (Å²) in [6.45, 7) is 3.54. The number of carbonyl (C=O) groups excluding carboxylic acids is 1. The molecule has 0 atom stereocenters. The van der Waals surface area contributed by atoms with Crippen molar-refractivity contribution < 1.29 is 4.79 Å². The molecule has 1 aliphatic heterocycles. The van der Waals surface area contributed by atoms with Gasteiger partial charge in [0.1, 0.15) is 0 Å². The molecule has 0 aliphatic carbocycles. The zero-order chi connectivity index (χ0) is 15.7. The third-order valence-corrected chi connectivity index (χ3v) is 5.23.